The molecule has 2 heterocycles. The van der Waals surface area contributed by atoms with Gasteiger partial charge in [0.15, 0.2) is 5.03 Å². The summed E-state index contributed by atoms with van der Waals surface area (Å²) >= 11 is 1.60. The standard InChI is InChI=1S/C18H24N4O3S2/c1-3-21-12-17(19-13-21)27(24,25)22-9-5-6-14(11-22)18(23)20-15-7-4-8-16(10-15)26-2/h4,7-8,10,12-14H,3,5-6,9,11H2,1-2H3,(H,20,23)/t14-/m0/s1. The average molecular weight is 409 g/mol. The van der Waals surface area contributed by atoms with E-state index in [2.05, 4.69) is 10.3 Å². The molecule has 1 aromatic carbocycles. The smallest absolute Gasteiger partial charge is 0.262 e. The highest BCUT2D eigenvalue weighted by molar-refractivity contribution is 7.98. The number of hydrogen-bond acceptors (Lipinski definition) is 5. The van der Waals surface area contributed by atoms with Crippen LogP contribution in [0.2, 0.25) is 0 Å². The number of carbonyl (C=O) groups excluding carboxylic acids is 1. The number of piperidine rings is 1. The molecule has 1 amide bonds. The molecule has 7 nitrogen and oxygen atoms in total. The number of sulfonamides is 1. The minimum atomic E-state index is -3.68. The third kappa shape index (κ3) is 4.53. The molecule has 0 aliphatic carbocycles. The predicted molar refractivity (Wildman–Crippen MR) is 106 cm³/mol. The number of imidazole rings is 1. The minimum absolute atomic E-state index is 0.0399. The van der Waals surface area contributed by atoms with Crippen molar-refractivity contribution in [2.45, 2.75) is 36.2 Å². The monoisotopic (exact) mass is 408 g/mol. The second kappa shape index (κ2) is 8.45. The lowest BCUT2D eigenvalue weighted by molar-refractivity contribution is -0.120. The van der Waals surface area contributed by atoms with Crippen LogP contribution in [0.5, 0.6) is 0 Å². The Hall–Kier alpha value is -1.84. The van der Waals surface area contributed by atoms with Crippen LogP contribution in [0.4, 0.5) is 5.69 Å². The molecule has 27 heavy (non-hydrogen) atoms. The second-order valence-corrected chi connectivity index (χ2v) is 9.23. The summed E-state index contributed by atoms with van der Waals surface area (Å²) in [5.41, 5.74) is 0.730. The fourth-order valence-corrected chi connectivity index (χ4v) is 5.02. The first-order valence-corrected chi connectivity index (χ1v) is 11.6. The molecular weight excluding hydrogens is 384 g/mol. The maximum Gasteiger partial charge on any atom is 0.262 e. The Morgan fingerprint density at radius 3 is 2.93 bits per heavy atom. The lowest BCUT2D eigenvalue weighted by Crippen LogP contribution is -2.43. The zero-order valence-corrected chi connectivity index (χ0v) is 17.1. The van der Waals surface area contributed by atoms with Crippen LogP contribution in [0.25, 0.3) is 0 Å². The van der Waals surface area contributed by atoms with Gasteiger partial charge in [0.1, 0.15) is 0 Å². The van der Waals surface area contributed by atoms with Gasteiger partial charge in [-0.05, 0) is 44.2 Å². The normalized spacial score (nSPS) is 18.4. The van der Waals surface area contributed by atoms with Gasteiger partial charge in [-0.1, -0.05) is 6.07 Å². The van der Waals surface area contributed by atoms with E-state index in [-0.39, 0.29) is 23.4 Å². The van der Waals surface area contributed by atoms with Crippen molar-refractivity contribution in [3.63, 3.8) is 0 Å². The number of rotatable bonds is 6. The Balaban J connectivity index is 1.70. The van der Waals surface area contributed by atoms with Crippen LogP contribution in [0.3, 0.4) is 0 Å². The number of benzene rings is 1. The van der Waals surface area contributed by atoms with Crippen LogP contribution in [-0.4, -0.2) is 47.5 Å². The van der Waals surface area contributed by atoms with Gasteiger partial charge >= 0.3 is 0 Å². The van der Waals surface area contributed by atoms with E-state index in [0.717, 1.165) is 10.6 Å². The molecule has 1 aromatic heterocycles. The lowest BCUT2D eigenvalue weighted by Gasteiger charge is -2.30. The number of hydrogen-bond donors (Lipinski definition) is 1. The van der Waals surface area contributed by atoms with Crippen LogP contribution in [-0.2, 0) is 21.4 Å². The number of nitrogens with one attached hydrogen (secondary N) is 1. The van der Waals surface area contributed by atoms with Crippen LogP contribution >= 0.6 is 11.8 Å². The first kappa shape index (κ1) is 19.9. The third-order valence-electron chi connectivity index (χ3n) is 4.67. The molecule has 1 N–H and O–H groups in total. The molecule has 1 aliphatic rings. The molecule has 1 saturated heterocycles. The Kier molecular flexibility index (Phi) is 6.23. The van der Waals surface area contributed by atoms with E-state index >= 15 is 0 Å². The Morgan fingerprint density at radius 2 is 2.22 bits per heavy atom. The molecule has 0 radical (unpaired) electrons. The van der Waals surface area contributed by atoms with Gasteiger partial charge in [0.05, 0.1) is 12.2 Å². The first-order valence-electron chi connectivity index (χ1n) is 8.91. The zero-order chi connectivity index (χ0) is 19.4. The molecular formula is C18H24N4O3S2. The molecule has 9 heteroatoms. The van der Waals surface area contributed by atoms with Gasteiger partial charge in [0.25, 0.3) is 10.0 Å². The highest BCUT2D eigenvalue weighted by Crippen LogP contribution is 2.25. The second-order valence-electron chi connectivity index (χ2n) is 6.47. The first-order chi connectivity index (χ1) is 12.9. The number of carbonyl (C=O) groups is 1. The summed E-state index contributed by atoms with van der Waals surface area (Å²) in [7, 11) is -3.68. The molecule has 0 unspecified atom stereocenters. The highest BCUT2D eigenvalue weighted by Gasteiger charge is 2.34. The summed E-state index contributed by atoms with van der Waals surface area (Å²) in [5.74, 6) is -0.521. The largest absolute Gasteiger partial charge is 0.336 e. The van der Waals surface area contributed by atoms with Crippen LogP contribution in [0.15, 0.2) is 46.7 Å². The van der Waals surface area contributed by atoms with Crippen molar-refractivity contribution in [2.24, 2.45) is 5.92 Å². The van der Waals surface area contributed by atoms with Gasteiger partial charge in [0, 0.05) is 36.4 Å². The lowest BCUT2D eigenvalue weighted by atomic mass is 9.99. The summed E-state index contributed by atoms with van der Waals surface area (Å²) in [6.07, 6.45) is 6.34. The number of aryl methyl sites for hydroxylation is 1. The summed E-state index contributed by atoms with van der Waals surface area (Å²) in [5, 5.41) is 2.96. The van der Waals surface area contributed by atoms with Crippen molar-refractivity contribution < 1.29 is 13.2 Å². The van der Waals surface area contributed by atoms with Crippen LogP contribution < -0.4 is 5.32 Å². The summed E-state index contributed by atoms with van der Waals surface area (Å²) in [4.78, 5) is 17.8. The van der Waals surface area contributed by atoms with Crippen molar-refractivity contribution in [1.29, 1.82) is 0 Å². The number of amides is 1. The van der Waals surface area contributed by atoms with Crippen molar-refractivity contribution in [2.75, 3.05) is 24.7 Å². The number of anilines is 1. The van der Waals surface area contributed by atoms with E-state index < -0.39 is 10.0 Å². The Labute approximate surface area is 164 Å². The van der Waals surface area contributed by atoms with Gasteiger partial charge in [-0.25, -0.2) is 13.4 Å². The van der Waals surface area contributed by atoms with Crippen molar-refractivity contribution in [1.82, 2.24) is 13.9 Å². The van der Waals surface area contributed by atoms with Gasteiger partial charge in [-0.15, -0.1) is 11.8 Å². The molecule has 146 valence electrons. The predicted octanol–water partition coefficient (Wildman–Crippen LogP) is 2.66. The summed E-state index contributed by atoms with van der Waals surface area (Å²) in [6.45, 7) is 3.16. The van der Waals surface area contributed by atoms with E-state index in [4.69, 9.17) is 0 Å². The maximum absolute atomic E-state index is 12.8. The molecule has 1 atom stereocenters. The molecule has 1 fully saturated rings. The van der Waals surface area contributed by atoms with Gasteiger partial charge in [-0.3, -0.25) is 4.79 Å². The summed E-state index contributed by atoms with van der Waals surface area (Å²) < 4.78 is 28.8. The third-order valence-corrected chi connectivity index (χ3v) is 7.15. The van der Waals surface area contributed by atoms with E-state index in [9.17, 15) is 13.2 Å². The molecule has 2 aromatic rings. The topological polar surface area (TPSA) is 84.3 Å². The Morgan fingerprint density at radius 1 is 1.41 bits per heavy atom. The molecule has 0 spiro atoms. The maximum atomic E-state index is 12.8. The SMILES string of the molecule is CCn1cnc(S(=O)(=O)N2CCC[C@H](C(=O)Nc3cccc(SC)c3)C2)c1. The van der Waals surface area contributed by atoms with Gasteiger partial charge in [-0.2, -0.15) is 4.31 Å². The van der Waals surface area contributed by atoms with E-state index in [0.29, 0.717) is 25.9 Å². The molecule has 0 saturated carbocycles. The fraction of sp³-hybridized carbons (Fsp3) is 0.444. The quantitative estimate of drug-likeness (QED) is 0.743. The molecule has 0 bridgehead atoms. The number of nitrogens with zero attached hydrogens (tertiary/aromatic N) is 3. The average Bonchev–Trinajstić information content (AvgIpc) is 3.18. The van der Waals surface area contributed by atoms with Crippen molar-refractivity contribution in [3.05, 3.63) is 36.8 Å². The van der Waals surface area contributed by atoms with E-state index in [1.807, 2.05) is 37.4 Å². The van der Waals surface area contributed by atoms with Crippen molar-refractivity contribution >= 4 is 33.4 Å². The highest BCUT2D eigenvalue weighted by atomic mass is 32.2. The Bertz CT molecular complexity index is 911. The number of thioether (sulfide) groups is 1. The van der Waals surface area contributed by atoms with Crippen LogP contribution in [0.1, 0.15) is 19.8 Å². The number of aromatic nitrogens is 2. The zero-order valence-electron chi connectivity index (χ0n) is 15.5. The molecule has 3 rings (SSSR count). The fourth-order valence-electron chi connectivity index (χ4n) is 3.10. The van der Waals surface area contributed by atoms with Gasteiger partial charge < -0.3 is 9.88 Å². The minimum Gasteiger partial charge on any atom is -0.336 e. The van der Waals surface area contributed by atoms with Crippen LogP contribution in [0, 0.1) is 5.92 Å². The van der Waals surface area contributed by atoms with Crippen molar-refractivity contribution in [3.8, 4) is 0 Å². The summed E-state index contributed by atoms with van der Waals surface area (Å²) in [6, 6.07) is 7.62. The van der Waals surface area contributed by atoms with Gasteiger partial charge in [0.2, 0.25) is 5.91 Å². The molecule has 1 aliphatic heterocycles. The van der Waals surface area contributed by atoms with E-state index in [1.54, 1.807) is 16.3 Å². The van der Waals surface area contributed by atoms with E-state index in [1.165, 1.54) is 16.8 Å².